The van der Waals surface area contributed by atoms with Crippen LogP contribution in [0.4, 0.5) is 0 Å². The quantitative estimate of drug-likeness (QED) is 0.666. The van der Waals surface area contributed by atoms with Crippen molar-refractivity contribution in [3.63, 3.8) is 0 Å². The lowest BCUT2D eigenvalue weighted by Gasteiger charge is -2.15. The van der Waals surface area contributed by atoms with Crippen LogP contribution < -0.4 is 10.5 Å². The van der Waals surface area contributed by atoms with E-state index in [0.717, 1.165) is 5.56 Å². The Kier molecular flexibility index (Phi) is 3.33. The Hall–Kier alpha value is -1.26. The van der Waals surface area contributed by atoms with E-state index in [4.69, 9.17) is 15.6 Å². The number of methoxy groups -OCH3 is 1. The van der Waals surface area contributed by atoms with Crippen molar-refractivity contribution in [3.8, 4) is 11.5 Å². The lowest BCUT2D eigenvalue weighted by molar-refractivity contribution is 0.263. The lowest BCUT2D eigenvalue weighted by atomic mass is 10.0. The molecule has 0 aliphatic rings. The fourth-order valence-electron chi connectivity index (χ4n) is 1.41. The Morgan fingerprint density at radius 2 is 2.14 bits per heavy atom. The van der Waals surface area contributed by atoms with E-state index < -0.39 is 6.04 Å². The topological polar surface area (TPSA) is 75.7 Å². The molecule has 0 aliphatic heterocycles. The molecule has 0 spiro atoms. The number of aliphatic hydroxyl groups is 1. The zero-order chi connectivity index (χ0) is 10.7. The number of rotatable bonds is 3. The first-order valence-electron chi connectivity index (χ1n) is 4.34. The van der Waals surface area contributed by atoms with Gasteiger partial charge in [-0.15, -0.1) is 0 Å². The molecule has 1 atom stereocenters. The highest BCUT2D eigenvalue weighted by molar-refractivity contribution is 5.50. The summed E-state index contributed by atoms with van der Waals surface area (Å²) in [4.78, 5) is 0. The zero-order valence-corrected chi connectivity index (χ0v) is 8.32. The lowest BCUT2D eigenvalue weighted by Crippen LogP contribution is -2.16. The molecule has 0 saturated heterocycles. The van der Waals surface area contributed by atoms with Crippen LogP contribution in [0, 0.1) is 6.92 Å². The van der Waals surface area contributed by atoms with Crippen molar-refractivity contribution in [3.05, 3.63) is 23.3 Å². The molecule has 14 heavy (non-hydrogen) atoms. The Balaban J connectivity index is 3.25. The number of ether oxygens (including phenoxy) is 1. The molecular weight excluding hydrogens is 182 g/mol. The van der Waals surface area contributed by atoms with Gasteiger partial charge in [0.1, 0.15) is 0 Å². The van der Waals surface area contributed by atoms with Gasteiger partial charge in [-0.25, -0.2) is 0 Å². The fourth-order valence-corrected chi connectivity index (χ4v) is 1.41. The predicted molar refractivity (Wildman–Crippen MR) is 53.4 cm³/mol. The first kappa shape index (κ1) is 10.8. The molecule has 0 bridgehead atoms. The average molecular weight is 197 g/mol. The monoisotopic (exact) mass is 197 g/mol. The van der Waals surface area contributed by atoms with Crippen molar-refractivity contribution in [2.45, 2.75) is 13.0 Å². The molecule has 0 saturated carbocycles. The first-order valence-corrected chi connectivity index (χ1v) is 4.34. The van der Waals surface area contributed by atoms with Crippen LogP contribution in [0.25, 0.3) is 0 Å². The van der Waals surface area contributed by atoms with Gasteiger partial charge in [0.25, 0.3) is 0 Å². The van der Waals surface area contributed by atoms with E-state index in [1.54, 1.807) is 12.1 Å². The number of hydrogen-bond acceptors (Lipinski definition) is 4. The molecule has 1 aromatic carbocycles. The number of nitrogens with two attached hydrogens (primary N) is 1. The summed E-state index contributed by atoms with van der Waals surface area (Å²) < 4.78 is 4.95. The molecule has 1 aromatic rings. The van der Waals surface area contributed by atoms with Crippen molar-refractivity contribution < 1.29 is 14.9 Å². The smallest absolute Gasteiger partial charge is 0.162 e. The van der Waals surface area contributed by atoms with E-state index in [1.807, 2.05) is 6.92 Å². The summed E-state index contributed by atoms with van der Waals surface area (Å²) >= 11 is 0. The van der Waals surface area contributed by atoms with Crippen molar-refractivity contribution in [2.24, 2.45) is 5.73 Å². The second-order valence-electron chi connectivity index (χ2n) is 3.14. The molecule has 78 valence electrons. The zero-order valence-electron chi connectivity index (χ0n) is 8.32. The summed E-state index contributed by atoms with van der Waals surface area (Å²) in [6, 6.07) is 2.88. The molecule has 4 N–H and O–H groups in total. The van der Waals surface area contributed by atoms with Gasteiger partial charge in [-0.1, -0.05) is 6.07 Å². The number of phenols is 1. The number of aliphatic hydroxyl groups excluding tert-OH is 1. The SMILES string of the molecule is COc1ccc(C)c(C(N)CO)c1O. The molecule has 0 aliphatic carbocycles. The van der Waals surface area contributed by atoms with Gasteiger partial charge < -0.3 is 20.7 Å². The van der Waals surface area contributed by atoms with Crippen LogP contribution in [0.3, 0.4) is 0 Å². The van der Waals surface area contributed by atoms with Crippen LogP contribution in [0.15, 0.2) is 12.1 Å². The molecule has 4 nitrogen and oxygen atoms in total. The van der Waals surface area contributed by atoms with Gasteiger partial charge in [-0.3, -0.25) is 0 Å². The van der Waals surface area contributed by atoms with Gasteiger partial charge in [0, 0.05) is 5.56 Å². The van der Waals surface area contributed by atoms with Crippen molar-refractivity contribution in [1.82, 2.24) is 0 Å². The summed E-state index contributed by atoms with van der Waals surface area (Å²) in [6.07, 6.45) is 0. The Morgan fingerprint density at radius 3 is 2.64 bits per heavy atom. The van der Waals surface area contributed by atoms with Crippen LogP contribution in [-0.4, -0.2) is 23.9 Å². The van der Waals surface area contributed by atoms with Gasteiger partial charge in [0.05, 0.1) is 19.8 Å². The summed E-state index contributed by atoms with van der Waals surface area (Å²) in [5.74, 6) is 0.378. The van der Waals surface area contributed by atoms with Crippen LogP contribution in [-0.2, 0) is 0 Å². The molecule has 0 fully saturated rings. The average Bonchev–Trinajstić information content (AvgIpc) is 2.18. The van der Waals surface area contributed by atoms with E-state index in [0.29, 0.717) is 11.3 Å². The van der Waals surface area contributed by atoms with E-state index in [9.17, 15) is 5.11 Å². The third kappa shape index (κ3) is 1.81. The molecule has 1 rings (SSSR count). The minimum atomic E-state index is -0.579. The Labute approximate surface area is 82.9 Å². The minimum Gasteiger partial charge on any atom is -0.504 e. The fraction of sp³-hybridized carbons (Fsp3) is 0.400. The maximum atomic E-state index is 9.76. The van der Waals surface area contributed by atoms with Crippen molar-refractivity contribution in [2.75, 3.05) is 13.7 Å². The van der Waals surface area contributed by atoms with Gasteiger partial charge in [0.2, 0.25) is 0 Å². The number of aromatic hydroxyl groups is 1. The summed E-state index contributed by atoms with van der Waals surface area (Å²) in [6.45, 7) is 1.62. The number of phenolic OH excluding ortho intramolecular Hbond substituents is 1. The van der Waals surface area contributed by atoms with E-state index in [1.165, 1.54) is 7.11 Å². The van der Waals surface area contributed by atoms with E-state index >= 15 is 0 Å². The molecule has 0 heterocycles. The molecule has 0 radical (unpaired) electrons. The summed E-state index contributed by atoms with van der Waals surface area (Å²) in [5.41, 5.74) is 7.03. The highest BCUT2D eigenvalue weighted by Crippen LogP contribution is 2.34. The highest BCUT2D eigenvalue weighted by atomic mass is 16.5. The summed E-state index contributed by atoms with van der Waals surface area (Å²) in [5, 5.41) is 18.7. The van der Waals surface area contributed by atoms with Gasteiger partial charge in [-0.05, 0) is 18.6 Å². The maximum Gasteiger partial charge on any atom is 0.162 e. The second kappa shape index (κ2) is 4.30. The molecular formula is C10H15NO3. The van der Waals surface area contributed by atoms with Crippen LogP contribution in [0.2, 0.25) is 0 Å². The molecule has 1 unspecified atom stereocenters. The third-order valence-electron chi connectivity index (χ3n) is 2.19. The van der Waals surface area contributed by atoms with Crippen molar-refractivity contribution in [1.29, 1.82) is 0 Å². The largest absolute Gasteiger partial charge is 0.504 e. The van der Waals surface area contributed by atoms with Crippen LogP contribution in [0.5, 0.6) is 11.5 Å². The first-order chi connectivity index (χ1) is 6.61. The Bertz CT molecular complexity index is 325. The highest BCUT2D eigenvalue weighted by Gasteiger charge is 2.16. The standard InChI is InChI=1S/C10H15NO3/c1-6-3-4-8(14-2)10(13)9(6)7(11)5-12/h3-4,7,12-13H,5,11H2,1-2H3. The maximum absolute atomic E-state index is 9.76. The van der Waals surface area contributed by atoms with Gasteiger partial charge in [0.15, 0.2) is 11.5 Å². The van der Waals surface area contributed by atoms with Crippen LogP contribution in [0.1, 0.15) is 17.2 Å². The summed E-state index contributed by atoms with van der Waals surface area (Å²) in [7, 11) is 1.47. The van der Waals surface area contributed by atoms with Gasteiger partial charge in [-0.2, -0.15) is 0 Å². The minimum absolute atomic E-state index is 0.00838. The molecule has 4 heteroatoms. The predicted octanol–water partition coefficient (Wildman–Crippen LogP) is 0.701. The normalized spacial score (nSPS) is 12.6. The Morgan fingerprint density at radius 1 is 1.50 bits per heavy atom. The molecule has 0 aromatic heterocycles. The number of aryl methyl sites for hydroxylation is 1. The van der Waals surface area contributed by atoms with Gasteiger partial charge >= 0.3 is 0 Å². The second-order valence-corrected chi connectivity index (χ2v) is 3.14. The van der Waals surface area contributed by atoms with Crippen LogP contribution >= 0.6 is 0 Å². The third-order valence-corrected chi connectivity index (χ3v) is 2.19. The number of hydrogen-bond donors (Lipinski definition) is 3. The number of benzene rings is 1. The van der Waals surface area contributed by atoms with E-state index in [2.05, 4.69) is 0 Å². The molecule has 0 amide bonds. The van der Waals surface area contributed by atoms with Crippen molar-refractivity contribution >= 4 is 0 Å². The van der Waals surface area contributed by atoms with E-state index in [-0.39, 0.29) is 12.4 Å².